The number of nitrogens with one attached hydrogen (secondary N) is 2. The van der Waals surface area contributed by atoms with Crippen molar-refractivity contribution in [3.8, 4) is 0 Å². The summed E-state index contributed by atoms with van der Waals surface area (Å²) in [6.07, 6.45) is 7.16. The molecule has 1 atom stereocenters. The van der Waals surface area contributed by atoms with Gasteiger partial charge in [-0.2, -0.15) is 0 Å². The Labute approximate surface area is 175 Å². The van der Waals surface area contributed by atoms with E-state index in [0.717, 1.165) is 12.0 Å². The molecule has 0 radical (unpaired) electrons. The van der Waals surface area contributed by atoms with Gasteiger partial charge in [0.2, 0.25) is 5.82 Å². The van der Waals surface area contributed by atoms with Crippen molar-refractivity contribution in [2.24, 2.45) is 0 Å². The quantitative estimate of drug-likeness (QED) is 0.229. The molecular formula is C20H18F5N3OS. The van der Waals surface area contributed by atoms with Gasteiger partial charge in [0, 0.05) is 19.4 Å². The van der Waals surface area contributed by atoms with Gasteiger partial charge in [0.1, 0.15) is 6.61 Å². The van der Waals surface area contributed by atoms with Crippen molar-refractivity contribution in [1.29, 1.82) is 0 Å². The highest BCUT2D eigenvalue weighted by Crippen LogP contribution is 2.40. The maximum Gasteiger partial charge on any atom is 0.200 e. The number of benzene rings is 1. The monoisotopic (exact) mass is 443 g/mol. The lowest BCUT2D eigenvalue weighted by Gasteiger charge is -2.39. The number of nitrogens with zero attached hydrogens (tertiary/aromatic N) is 1. The predicted molar refractivity (Wildman–Crippen MR) is 104 cm³/mol. The molecule has 1 unspecified atom stereocenters. The molecule has 0 saturated carbocycles. The highest BCUT2D eigenvalue weighted by Gasteiger charge is 2.42. The fourth-order valence-electron chi connectivity index (χ4n) is 3.51. The molecule has 0 spiro atoms. The maximum atomic E-state index is 13.9. The summed E-state index contributed by atoms with van der Waals surface area (Å²) in [7, 11) is 1.67. The van der Waals surface area contributed by atoms with Crippen LogP contribution in [0.3, 0.4) is 0 Å². The molecule has 0 saturated heterocycles. The first-order valence-electron chi connectivity index (χ1n) is 9.06. The Bertz CT molecular complexity index is 957. The van der Waals surface area contributed by atoms with Crippen LogP contribution in [0.2, 0.25) is 0 Å². The lowest BCUT2D eigenvalue weighted by molar-refractivity contribution is 0.0366. The van der Waals surface area contributed by atoms with Crippen LogP contribution in [0.5, 0.6) is 0 Å². The Balaban J connectivity index is 1.89. The smallest absolute Gasteiger partial charge is 0.200 e. The summed E-state index contributed by atoms with van der Waals surface area (Å²) in [6, 6.07) is 3.58. The molecule has 0 bridgehead atoms. The highest BCUT2D eigenvalue weighted by molar-refractivity contribution is 7.80. The zero-order valence-corrected chi connectivity index (χ0v) is 16.7. The summed E-state index contributed by atoms with van der Waals surface area (Å²) in [5.74, 6) is -10.1. The number of likely N-dealkylation sites (N-methyl/N-ethyl adjacent to an activating group) is 1. The first-order valence-corrected chi connectivity index (χ1v) is 9.46. The minimum Gasteiger partial charge on any atom is -0.382 e. The van der Waals surface area contributed by atoms with Crippen molar-refractivity contribution in [2.75, 3.05) is 7.05 Å². The van der Waals surface area contributed by atoms with Crippen molar-refractivity contribution < 1.29 is 26.8 Å². The molecule has 2 aromatic rings. The molecule has 10 heteroatoms. The summed E-state index contributed by atoms with van der Waals surface area (Å²) >= 11 is 5.54. The topological polar surface area (TPSA) is 46.2 Å². The van der Waals surface area contributed by atoms with E-state index < -0.39 is 46.7 Å². The van der Waals surface area contributed by atoms with E-state index in [0.29, 0.717) is 23.5 Å². The van der Waals surface area contributed by atoms with Crippen LogP contribution in [0.15, 0.2) is 36.3 Å². The van der Waals surface area contributed by atoms with Crippen LogP contribution in [-0.2, 0) is 16.9 Å². The summed E-state index contributed by atoms with van der Waals surface area (Å²) in [5.41, 5.74) is 1.96. The second-order valence-corrected chi connectivity index (χ2v) is 7.08. The van der Waals surface area contributed by atoms with Gasteiger partial charge in [-0.3, -0.25) is 15.3 Å². The molecule has 4 nitrogen and oxygen atoms in total. The molecule has 0 amide bonds. The van der Waals surface area contributed by atoms with Gasteiger partial charge < -0.3 is 5.32 Å². The summed E-state index contributed by atoms with van der Waals surface area (Å²) in [6.45, 7) is -0.890. The van der Waals surface area contributed by atoms with Crippen LogP contribution >= 0.6 is 12.2 Å². The van der Waals surface area contributed by atoms with Gasteiger partial charge in [-0.25, -0.2) is 22.0 Å². The van der Waals surface area contributed by atoms with Crippen molar-refractivity contribution in [3.05, 3.63) is 76.5 Å². The van der Waals surface area contributed by atoms with Crippen LogP contribution in [0.4, 0.5) is 22.0 Å². The molecule has 1 aromatic carbocycles. The predicted octanol–water partition coefficient (Wildman–Crippen LogP) is 4.35. The number of thiocarbonyl (C=S) groups is 1. The third-order valence-corrected chi connectivity index (χ3v) is 5.59. The van der Waals surface area contributed by atoms with E-state index >= 15 is 0 Å². The summed E-state index contributed by atoms with van der Waals surface area (Å²) in [4.78, 5) is 9.78. The van der Waals surface area contributed by atoms with E-state index in [1.165, 1.54) is 0 Å². The number of aromatic nitrogens is 1. The van der Waals surface area contributed by atoms with Crippen molar-refractivity contribution in [2.45, 2.75) is 31.3 Å². The van der Waals surface area contributed by atoms with E-state index in [4.69, 9.17) is 17.1 Å². The summed E-state index contributed by atoms with van der Waals surface area (Å²) < 4.78 is 67.8. The van der Waals surface area contributed by atoms with E-state index in [1.54, 1.807) is 25.5 Å². The van der Waals surface area contributed by atoms with Crippen LogP contribution < -0.4 is 10.8 Å². The molecule has 1 aromatic heterocycles. The lowest BCUT2D eigenvalue weighted by Crippen LogP contribution is -2.48. The number of halogens is 5. The van der Waals surface area contributed by atoms with Crippen molar-refractivity contribution in [3.63, 3.8) is 0 Å². The first-order chi connectivity index (χ1) is 14.3. The van der Waals surface area contributed by atoms with Gasteiger partial charge in [-0.1, -0.05) is 24.4 Å². The largest absolute Gasteiger partial charge is 0.382 e. The average molecular weight is 443 g/mol. The molecular weight excluding hydrogens is 425 g/mol. The number of hydrogen-bond donors (Lipinski definition) is 2. The number of pyridine rings is 1. The molecule has 160 valence electrons. The van der Waals surface area contributed by atoms with Crippen molar-refractivity contribution in [1.82, 2.24) is 15.8 Å². The zero-order chi connectivity index (χ0) is 21.9. The van der Waals surface area contributed by atoms with E-state index in [-0.39, 0.29) is 0 Å². The van der Waals surface area contributed by atoms with Crippen molar-refractivity contribution >= 4 is 17.2 Å². The van der Waals surface area contributed by atoms with Gasteiger partial charge in [0.05, 0.1) is 21.7 Å². The fraction of sp³-hybridized carbons (Fsp3) is 0.300. The van der Waals surface area contributed by atoms with Gasteiger partial charge in [0.15, 0.2) is 23.3 Å². The van der Waals surface area contributed by atoms with E-state index in [9.17, 15) is 22.0 Å². The second-order valence-electron chi connectivity index (χ2n) is 6.68. The van der Waals surface area contributed by atoms with Gasteiger partial charge >= 0.3 is 0 Å². The molecule has 1 heterocycles. The summed E-state index contributed by atoms with van der Waals surface area (Å²) in [5, 5.41) is 2.96. The molecule has 0 aliphatic heterocycles. The number of rotatable bonds is 6. The Morgan fingerprint density at radius 1 is 1.13 bits per heavy atom. The Hall–Kier alpha value is -2.59. The van der Waals surface area contributed by atoms with Gasteiger partial charge in [0.25, 0.3) is 0 Å². The Morgan fingerprint density at radius 2 is 1.80 bits per heavy atom. The molecule has 1 aliphatic rings. The molecule has 1 aliphatic carbocycles. The van der Waals surface area contributed by atoms with E-state index in [2.05, 4.69) is 15.8 Å². The highest BCUT2D eigenvalue weighted by atomic mass is 32.1. The molecule has 3 rings (SSSR count). The third-order valence-electron chi connectivity index (χ3n) is 5.03. The Kier molecular flexibility index (Phi) is 6.67. The minimum absolute atomic E-state index is 0.466. The third kappa shape index (κ3) is 3.77. The first kappa shape index (κ1) is 22.1. The normalized spacial score (nSPS) is 18.7. The maximum absolute atomic E-state index is 13.9. The van der Waals surface area contributed by atoms with Crippen LogP contribution in [-0.4, -0.2) is 17.0 Å². The lowest BCUT2D eigenvalue weighted by atomic mass is 9.71. The molecule has 0 fully saturated rings. The molecule has 2 N–H and O–H groups in total. The SMILES string of the molecule is CNC(=S)C1(c2cccnc2)CCCC=C1NOCc1c(F)c(F)c(F)c(F)c1F. The molecule has 30 heavy (non-hydrogen) atoms. The standard InChI is InChI=1S/C20H18F5N3OS/c1-26-19(30)20(11-5-4-8-27-9-11)7-3-2-6-13(20)28-29-10-12-14(21)16(23)18(25)17(24)15(12)22/h4-6,8-9,28H,2-3,7,10H2,1H3,(H,26,30). The van der Waals surface area contributed by atoms with E-state index in [1.807, 2.05) is 12.1 Å². The van der Waals surface area contributed by atoms with Crippen LogP contribution in [0, 0.1) is 29.1 Å². The fourth-order valence-corrected chi connectivity index (χ4v) is 3.84. The Morgan fingerprint density at radius 3 is 2.40 bits per heavy atom. The van der Waals surface area contributed by atoms with Gasteiger partial charge in [-0.05, 0) is 30.9 Å². The second kappa shape index (κ2) is 9.05. The van der Waals surface area contributed by atoms with Crippen LogP contribution in [0.25, 0.3) is 0 Å². The number of hydroxylamine groups is 1. The van der Waals surface area contributed by atoms with Crippen LogP contribution in [0.1, 0.15) is 30.4 Å². The van der Waals surface area contributed by atoms with Gasteiger partial charge in [-0.15, -0.1) is 0 Å². The number of hydrogen-bond acceptors (Lipinski definition) is 4. The minimum atomic E-state index is -2.22. The zero-order valence-electron chi connectivity index (χ0n) is 15.9. The average Bonchev–Trinajstić information content (AvgIpc) is 2.79. The number of allylic oxidation sites excluding steroid dienone is 1.